The number of primary amides is 1. The summed E-state index contributed by atoms with van der Waals surface area (Å²) in [4.78, 5) is 17.3. The topological polar surface area (TPSA) is 54.5 Å². The number of hydrogen-bond acceptors (Lipinski definition) is 2. The van der Waals surface area contributed by atoms with Gasteiger partial charge in [-0.25, -0.2) is 4.79 Å². The maximum absolute atomic E-state index is 13.2. The van der Waals surface area contributed by atoms with Crippen molar-refractivity contribution in [1.29, 1.82) is 0 Å². The first kappa shape index (κ1) is 26.3. The lowest BCUT2D eigenvalue weighted by Crippen LogP contribution is -2.46. The number of amides is 2. The summed E-state index contributed by atoms with van der Waals surface area (Å²) in [6, 6.07) is 14.8. The second-order valence-electron chi connectivity index (χ2n) is 11.6. The summed E-state index contributed by atoms with van der Waals surface area (Å²) in [7, 11) is 4.24. The van der Waals surface area contributed by atoms with Gasteiger partial charge in [0.2, 0.25) is 0 Å². The number of nitrogens with two attached hydrogens (primary N) is 1. The molecule has 4 rings (SSSR count). The second-order valence-corrected chi connectivity index (χ2v) is 11.6. The number of nitrogens with zero attached hydrogens (tertiary/aromatic N) is 3. The predicted molar refractivity (Wildman–Crippen MR) is 152 cm³/mol. The summed E-state index contributed by atoms with van der Waals surface area (Å²) < 4.78 is 2.40. The van der Waals surface area contributed by atoms with Crippen LogP contribution in [0.15, 0.2) is 48.7 Å². The van der Waals surface area contributed by atoms with Gasteiger partial charge < -0.3 is 15.2 Å². The highest BCUT2D eigenvalue weighted by atomic mass is 16.2. The molecule has 1 aliphatic rings. The minimum Gasteiger partial charge on any atom is -0.351 e. The molecule has 0 bridgehead atoms. The van der Waals surface area contributed by atoms with Gasteiger partial charge in [0.05, 0.1) is 5.69 Å². The third kappa shape index (κ3) is 5.04. The number of para-hydroxylation sites is 2. The first-order valence-electron chi connectivity index (χ1n) is 13.6. The number of anilines is 1. The van der Waals surface area contributed by atoms with E-state index in [2.05, 4.69) is 99.9 Å². The molecule has 0 spiro atoms. The molecule has 2 amide bonds. The fourth-order valence-electron chi connectivity index (χ4n) is 6.12. The Bertz CT molecular complexity index is 1170. The SMILES string of the molecule is CC(C)c1cccc(C(C)C)c1N(CC1(c2cn(CCN(C)C)c3ccccc23)CCCC1)C(N)=O. The molecule has 5 nitrogen and oxygen atoms in total. The van der Waals surface area contributed by atoms with E-state index < -0.39 is 0 Å². The van der Waals surface area contributed by atoms with E-state index in [9.17, 15) is 4.79 Å². The molecule has 1 aliphatic carbocycles. The number of urea groups is 1. The van der Waals surface area contributed by atoms with Crippen molar-refractivity contribution >= 4 is 22.6 Å². The third-order valence-corrected chi connectivity index (χ3v) is 8.05. The van der Waals surface area contributed by atoms with Gasteiger partial charge in [0.15, 0.2) is 0 Å². The molecule has 0 atom stereocenters. The van der Waals surface area contributed by atoms with Gasteiger partial charge in [0.25, 0.3) is 0 Å². The number of carbonyl (C=O) groups excluding carboxylic acids is 1. The van der Waals surface area contributed by atoms with Crippen LogP contribution in [-0.2, 0) is 12.0 Å². The van der Waals surface area contributed by atoms with E-state index in [1.165, 1.54) is 40.4 Å². The van der Waals surface area contributed by atoms with Gasteiger partial charge in [-0.15, -0.1) is 0 Å². The fraction of sp³-hybridized carbons (Fsp3) is 0.516. The van der Waals surface area contributed by atoms with E-state index in [-0.39, 0.29) is 11.4 Å². The molecule has 194 valence electrons. The lowest BCUT2D eigenvalue weighted by molar-refractivity contribution is 0.251. The monoisotopic (exact) mass is 488 g/mol. The van der Waals surface area contributed by atoms with Crippen LogP contribution < -0.4 is 10.6 Å². The summed E-state index contributed by atoms with van der Waals surface area (Å²) in [6.07, 6.45) is 6.86. The summed E-state index contributed by atoms with van der Waals surface area (Å²) in [5.41, 5.74) is 12.1. The van der Waals surface area contributed by atoms with E-state index in [1.807, 2.05) is 4.90 Å². The standard InChI is InChI=1S/C31H44N4O/c1-22(2)24-13-11-14-25(23(3)4)29(24)35(30(32)36)21-31(16-9-10-17-31)27-20-34(19-18-33(5)6)28-15-8-7-12-26(27)28/h7-8,11-15,20,22-23H,9-10,16-19,21H2,1-6H3,(H2,32,36). The van der Waals surface area contributed by atoms with Crippen molar-refractivity contribution in [3.8, 4) is 0 Å². The quantitative estimate of drug-likeness (QED) is 0.358. The molecule has 2 aromatic carbocycles. The Morgan fingerprint density at radius 1 is 0.972 bits per heavy atom. The Hall–Kier alpha value is -2.79. The molecule has 1 saturated carbocycles. The first-order valence-corrected chi connectivity index (χ1v) is 13.6. The minimum absolute atomic E-state index is 0.115. The Morgan fingerprint density at radius 3 is 2.14 bits per heavy atom. The molecule has 0 saturated heterocycles. The number of rotatable bonds is 9. The highest BCUT2D eigenvalue weighted by molar-refractivity contribution is 5.94. The van der Waals surface area contributed by atoms with E-state index in [0.717, 1.165) is 31.6 Å². The number of benzene rings is 2. The largest absolute Gasteiger partial charge is 0.351 e. The van der Waals surface area contributed by atoms with Crippen LogP contribution in [0, 0.1) is 0 Å². The van der Waals surface area contributed by atoms with Gasteiger partial charge in [0, 0.05) is 42.1 Å². The van der Waals surface area contributed by atoms with Crippen LogP contribution in [0.1, 0.15) is 81.9 Å². The van der Waals surface area contributed by atoms with E-state index in [0.29, 0.717) is 18.4 Å². The molecular formula is C31H44N4O. The number of likely N-dealkylation sites (N-methyl/N-ethyl adjacent to an activating group) is 1. The maximum atomic E-state index is 13.2. The number of aromatic nitrogens is 1. The molecule has 1 heterocycles. The lowest BCUT2D eigenvalue weighted by atomic mass is 9.77. The highest BCUT2D eigenvalue weighted by Crippen LogP contribution is 2.47. The van der Waals surface area contributed by atoms with Crippen molar-refractivity contribution in [1.82, 2.24) is 9.47 Å². The molecule has 1 aromatic heterocycles. The summed E-state index contributed by atoms with van der Waals surface area (Å²) in [5, 5.41) is 1.31. The molecule has 2 N–H and O–H groups in total. The van der Waals surface area contributed by atoms with Crippen molar-refractivity contribution in [3.05, 3.63) is 65.4 Å². The van der Waals surface area contributed by atoms with Crippen molar-refractivity contribution in [2.24, 2.45) is 5.73 Å². The van der Waals surface area contributed by atoms with Crippen molar-refractivity contribution in [2.45, 2.75) is 77.2 Å². The smallest absolute Gasteiger partial charge is 0.319 e. The van der Waals surface area contributed by atoms with Crippen LogP contribution in [0.25, 0.3) is 10.9 Å². The van der Waals surface area contributed by atoms with Crippen LogP contribution in [0.2, 0.25) is 0 Å². The van der Waals surface area contributed by atoms with Crippen LogP contribution in [0.4, 0.5) is 10.5 Å². The van der Waals surface area contributed by atoms with Crippen molar-refractivity contribution < 1.29 is 4.79 Å². The normalized spacial score (nSPS) is 15.5. The van der Waals surface area contributed by atoms with Gasteiger partial charge in [-0.3, -0.25) is 4.90 Å². The fourth-order valence-corrected chi connectivity index (χ4v) is 6.12. The molecule has 3 aromatic rings. The molecular weight excluding hydrogens is 444 g/mol. The molecule has 36 heavy (non-hydrogen) atoms. The third-order valence-electron chi connectivity index (χ3n) is 8.05. The van der Waals surface area contributed by atoms with Crippen molar-refractivity contribution in [2.75, 3.05) is 32.1 Å². The molecule has 0 aliphatic heterocycles. The predicted octanol–water partition coefficient (Wildman–Crippen LogP) is 6.85. The zero-order valence-corrected chi connectivity index (χ0v) is 23.1. The Labute approximate surface area is 217 Å². The minimum atomic E-state index is -0.354. The molecule has 0 radical (unpaired) electrons. The van der Waals surface area contributed by atoms with Crippen molar-refractivity contribution in [3.63, 3.8) is 0 Å². The van der Waals surface area contributed by atoms with Gasteiger partial charge >= 0.3 is 6.03 Å². The van der Waals surface area contributed by atoms with E-state index in [1.54, 1.807) is 0 Å². The van der Waals surface area contributed by atoms with Crippen LogP contribution in [0.5, 0.6) is 0 Å². The average molecular weight is 489 g/mol. The van der Waals surface area contributed by atoms with Crippen LogP contribution in [-0.4, -0.2) is 42.7 Å². The molecule has 5 heteroatoms. The van der Waals surface area contributed by atoms with Gasteiger partial charge in [-0.2, -0.15) is 0 Å². The molecule has 0 unspecified atom stereocenters. The van der Waals surface area contributed by atoms with Gasteiger partial charge in [-0.1, -0.05) is 76.9 Å². The lowest BCUT2D eigenvalue weighted by Gasteiger charge is -2.37. The first-order chi connectivity index (χ1) is 17.1. The van der Waals surface area contributed by atoms with Gasteiger partial charge in [0.1, 0.15) is 0 Å². The number of hydrogen-bond donors (Lipinski definition) is 1. The Morgan fingerprint density at radius 2 is 1.58 bits per heavy atom. The van der Waals surface area contributed by atoms with Gasteiger partial charge in [-0.05, 0) is 61.5 Å². The summed E-state index contributed by atoms with van der Waals surface area (Å²) >= 11 is 0. The van der Waals surface area contributed by atoms with Crippen LogP contribution >= 0.6 is 0 Å². The second kappa shape index (κ2) is 10.7. The van der Waals surface area contributed by atoms with E-state index >= 15 is 0 Å². The Balaban J connectivity index is 1.86. The number of fused-ring (bicyclic) bond motifs is 1. The average Bonchev–Trinajstić information content (AvgIpc) is 3.46. The maximum Gasteiger partial charge on any atom is 0.319 e. The molecule has 1 fully saturated rings. The van der Waals surface area contributed by atoms with Crippen LogP contribution in [0.3, 0.4) is 0 Å². The zero-order chi connectivity index (χ0) is 26.0. The van der Waals surface area contributed by atoms with E-state index in [4.69, 9.17) is 5.73 Å². The summed E-state index contributed by atoms with van der Waals surface area (Å²) in [5.74, 6) is 0.598. The Kier molecular flexibility index (Phi) is 7.79. The highest BCUT2D eigenvalue weighted by Gasteiger charge is 2.41. The summed E-state index contributed by atoms with van der Waals surface area (Å²) in [6.45, 7) is 11.3. The zero-order valence-electron chi connectivity index (χ0n) is 23.1. The number of carbonyl (C=O) groups is 1.